The molecule has 0 nitrogen and oxygen atoms in total. The molecule has 1 aliphatic heterocycles. The average Bonchev–Trinajstić information content (AvgIpc) is 0.722. The first kappa shape index (κ1) is 3.19. The highest BCUT2D eigenvalue weighted by atomic mass is 31.2. The molecule has 1 rings (SSSR count). The van der Waals surface area contributed by atoms with Crippen molar-refractivity contribution in [3.05, 3.63) is 0 Å². The fraction of sp³-hybridized carbons (Fsp3) is 0. The maximum Gasteiger partial charge on any atom is -0.0589 e. The Kier molecular flexibility index (Phi) is 1.14. The van der Waals surface area contributed by atoms with Crippen molar-refractivity contribution in [1.29, 1.82) is 0 Å². The highest BCUT2D eigenvalue weighted by Crippen LogP contribution is 2.34. The molecule has 0 atom stereocenters. The Morgan fingerprint density at radius 2 is 1.25 bits per heavy atom. The second-order valence-corrected chi connectivity index (χ2v) is 7.50. The molecule has 0 aromatic heterocycles. The van der Waals surface area contributed by atoms with E-state index in [4.69, 9.17) is 0 Å². The fourth-order valence-corrected chi connectivity index (χ4v) is 2.25. The molecule has 0 amide bonds. The van der Waals surface area contributed by atoms with E-state index in [2.05, 4.69) is 0 Å². The topological polar surface area (TPSA) is 0 Å². The molecule has 0 aromatic rings. The molecule has 0 unspecified atom stereocenters. The van der Waals surface area contributed by atoms with Gasteiger partial charge in [0.25, 0.3) is 0 Å². The van der Waals surface area contributed by atoms with E-state index < -0.39 is 0 Å². The van der Waals surface area contributed by atoms with Gasteiger partial charge in [-0.1, -0.05) is 13.4 Å². The van der Waals surface area contributed by atoms with Gasteiger partial charge in [0.05, 0.1) is 0 Å². The summed E-state index contributed by atoms with van der Waals surface area (Å²) in [6.07, 6.45) is 0. The van der Waals surface area contributed by atoms with Crippen molar-refractivity contribution in [3.63, 3.8) is 0 Å². The van der Waals surface area contributed by atoms with Crippen LogP contribution in [0.2, 0.25) is 0 Å². The van der Waals surface area contributed by atoms with Gasteiger partial charge in [0.1, 0.15) is 0 Å². The summed E-state index contributed by atoms with van der Waals surface area (Å²) < 4.78 is 0. The zero-order chi connectivity index (χ0) is 2.83. The highest BCUT2D eigenvalue weighted by molar-refractivity contribution is 8.42. The van der Waals surface area contributed by atoms with Crippen LogP contribution in [0, 0.1) is 0 Å². The molecule has 0 radical (unpaired) electrons. The van der Waals surface area contributed by atoms with E-state index in [-0.39, 0.29) is 0 Å². The molecule has 1 fully saturated rings. The Bertz CT molecular complexity index is 12.0. The van der Waals surface area contributed by atoms with Crippen molar-refractivity contribution in [3.8, 4) is 0 Å². The van der Waals surface area contributed by atoms with Crippen molar-refractivity contribution in [2.24, 2.45) is 0 Å². The predicted molar refractivity (Wildman–Crippen MR) is 33.7 cm³/mol. The van der Waals surface area contributed by atoms with E-state index in [0.29, 0.717) is 0 Å². The van der Waals surface area contributed by atoms with Gasteiger partial charge >= 0.3 is 0 Å². The van der Waals surface area contributed by atoms with Crippen LogP contribution >= 0.6 is 16.7 Å². The minimum absolute atomic E-state index is 0.806. The highest BCUT2D eigenvalue weighted by Gasteiger charge is 1.75. The zero-order valence-corrected chi connectivity index (χ0v) is 5.00. The van der Waals surface area contributed by atoms with Crippen LogP contribution in [0.25, 0.3) is 0 Å². The van der Waals surface area contributed by atoms with Crippen LogP contribution in [0.4, 0.5) is 0 Å². The second-order valence-electron chi connectivity index (χ2n) is 1.50. The molecule has 4 heavy (non-hydrogen) atoms. The Labute approximate surface area is 31.0 Å². The lowest BCUT2D eigenvalue weighted by Gasteiger charge is -2.27. The SMILES string of the molecule is [BH2-]1P[BH2-]P1. The molecule has 0 aliphatic carbocycles. The van der Waals surface area contributed by atoms with Crippen LogP contribution in [0.15, 0.2) is 0 Å². The Morgan fingerprint density at radius 1 is 1.00 bits per heavy atom. The zero-order valence-electron chi connectivity index (χ0n) is 3.00. The van der Waals surface area contributed by atoms with Gasteiger partial charge in [-0.3, -0.25) is 0 Å². The van der Waals surface area contributed by atoms with E-state index in [1.165, 1.54) is 0 Å². The molecular weight excluding hydrogens is 83.6 g/mol. The first-order valence-electron chi connectivity index (χ1n) is 2.00. The molecule has 0 spiro atoms. The van der Waals surface area contributed by atoms with Crippen molar-refractivity contribution >= 4 is 30.1 Å². The molecule has 24 valence electrons. The third-order valence-electron chi connectivity index (χ3n) is 1.00. The van der Waals surface area contributed by atoms with E-state index >= 15 is 0 Å². The molecule has 4 heteroatoms. The minimum atomic E-state index is 0.806. The maximum absolute atomic E-state index is 1.58. The molecule has 1 aliphatic rings. The van der Waals surface area contributed by atoms with Crippen molar-refractivity contribution in [2.75, 3.05) is 0 Å². The first-order valence-corrected chi connectivity index (χ1v) is 6.00. The number of rotatable bonds is 0. The summed E-state index contributed by atoms with van der Waals surface area (Å²) in [5.41, 5.74) is 0. The summed E-state index contributed by atoms with van der Waals surface area (Å²) in [6.45, 7) is 1.61. The van der Waals surface area contributed by atoms with E-state index in [1.54, 1.807) is 16.7 Å². The van der Waals surface area contributed by atoms with Gasteiger partial charge in [-0.15, -0.1) is 0 Å². The number of hydrogen-bond donors (Lipinski definition) is 0. The molecular formula is H6B2P2-2. The van der Waals surface area contributed by atoms with Crippen molar-refractivity contribution in [2.45, 2.75) is 0 Å². The van der Waals surface area contributed by atoms with Crippen LogP contribution in [0.3, 0.4) is 0 Å². The fourth-order valence-electron chi connectivity index (χ4n) is 0.250. The van der Waals surface area contributed by atoms with Crippen LogP contribution in [-0.2, 0) is 0 Å². The summed E-state index contributed by atoms with van der Waals surface area (Å²) in [5, 5.41) is 0. The second kappa shape index (κ2) is 1.43. The average molecular weight is 89.6 g/mol. The molecule has 0 saturated carbocycles. The van der Waals surface area contributed by atoms with Gasteiger partial charge < -0.3 is 16.7 Å². The quantitative estimate of drug-likeness (QED) is 0.274. The Balaban J connectivity index is 2.00. The normalized spacial score (nSPS) is 36.0. The van der Waals surface area contributed by atoms with Gasteiger partial charge in [0.2, 0.25) is 0 Å². The summed E-state index contributed by atoms with van der Waals surface area (Å²) in [6, 6.07) is 0. The Hall–Kier alpha value is 0.990. The molecule has 0 N–H and O–H groups in total. The largest absolute Gasteiger partial charge is 0.469 e. The van der Waals surface area contributed by atoms with Crippen LogP contribution in [0.5, 0.6) is 0 Å². The Morgan fingerprint density at radius 3 is 1.25 bits per heavy atom. The molecule has 1 saturated heterocycles. The van der Waals surface area contributed by atoms with E-state index in [9.17, 15) is 0 Å². The monoisotopic (exact) mass is 90.0 g/mol. The lowest BCUT2D eigenvalue weighted by Crippen LogP contribution is -1.85. The van der Waals surface area contributed by atoms with E-state index in [1.807, 2.05) is 0 Å². The first-order chi connectivity index (χ1) is 2.00. The van der Waals surface area contributed by atoms with E-state index in [0.717, 1.165) is 13.4 Å². The van der Waals surface area contributed by atoms with Crippen molar-refractivity contribution in [1.82, 2.24) is 0 Å². The lowest BCUT2D eigenvalue weighted by molar-refractivity contribution is 4.25. The van der Waals surface area contributed by atoms with Crippen LogP contribution in [-0.4, -0.2) is 13.4 Å². The standard InChI is InChI=1S/B2H6P2/c1-3-2-4-1/h3-4H,1-2H2/q-2. The molecule has 0 aromatic carbocycles. The van der Waals surface area contributed by atoms with Crippen LogP contribution in [0.1, 0.15) is 0 Å². The lowest BCUT2D eigenvalue weighted by atomic mass is 10.6. The minimum Gasteiger partial charge on any atom is -0.469 e. The predicted octanol–water partition coefficient (Wildman–Crippen LogP) is -0.645. The van der Waals surface area contributed by atoms with Crippen molar-refractivity contribution < 1.29 is 0 Å². The summed E-state index contributed by atoms with van der Waals surface area (Å²) in [4.78, 5) is 0. The van der Waals surface area contributed by atoms with Gasteiger partial charge in [-0.2, -0.15) is 0 Å². The van der Waals surface area contributed by atoms with Gasteiger partial charge in [-0.25, -0.2) is 0 Å². The smallest absolute Gasteiger partial charge is 0.0589 e. The third kappa shape index (κ3) is 0.475. The van der Waals surface area contributed by atoms with Gasteiger partial charge in [-0.05, 0) is 0 Å². The summed E-state index contributed by atoms with van der Waals surface area (Å²) >= 11 is 0. The summed E-state index contributed by atoms with van der Waals surface area (Å²) in [5.74, 6) is 0. The van der Waals surface area contributed by atoms with Gasteiger partial charge in [0, 0.05) is 0 Å². The summed E-state index contributed by atoms with van der Waals surface area (Å²) in [7, 11) is 3.17. The number of hydrogen-bond acceptors (Lipinski definition) is 0. The third-order valence-corrected chi connectivity index (χ3v) is 9.00. The molecule has 1 heterocycles. The maximum atomic E-state index is 1.58. The molecule has 0 bridgehead atoms. The van der Waals surface area contributed by atoms with Crippen LogP contribution < -0.4 is 0 Å². The van der Waals surface area contributed by atoms with Gasteiger partial charge in [0.15, 0.2) is 0 Å².